The third-order valence-corrected chi connectivity index (χ3v) is 7.17. The van der Waals surface area contributed by atoms with Crippen molar-refractivity contribution in [1.82, 2.24) is 10.3 Å². The lowest BCUT2D eigenvalue weighted by Crippen LogP contribution is -2.38. The number of hydrazone groups is 1. The Morgan fingerprint density at radius 3 is 2.59 bits per heavy atom. The van der Waals surface area contributed by atoms with Gasteiger partial charge in [-0.3, -0.25) is 4.79 Å². The largest absolute Gasteiger partial charge is 0.353 e. The van der Waals surface area contributed by atoms with Crippen LogP contribution >= 0.6 is 11.6 Å². The summed E-state index contributed by atoms with van der Waals surface area (Å²) in [7, 11) is -3.80. The lowest BCUT2D eigenvalue weighted by Gasteiger charge is -2.24. The SMILES string of the molecule is O=C(CCN(/N=C/c1ccc(Cl)cc1)C1=NS(=O)(=O)c2ccccc21)NC1CCCCC1. The molecule has 168 valence electrons. The monoisotopic (exact) mass is 472 g/mol. The van der Waals surface area contributed by atoms with Crippen LogP contribution in [0, 0.1) is 0 Å². The van der Waals surface area contributed by atoms with E-state index in [1.165, 1.54) is 17.5 Å². The van der Waals surface area contributed by atoms with E-state index in [2.05, 4.69) is 14.8 Å². The second-order valence-electron chi connectivity index (χ2n) is 7.96. The van der Waals surface area contributed by atoms with Gasteiger partial charge in [0.1, 0.15) is 4.90 Å². The standard InChI is InChI=1S/C23H25ClN4O3S/c24-18-12-10-17(11-13-18)16-25-28(15-14-22(29)26-19-6-2-1-3-7-19)23-20-8-4-5-9-21(20)32(30,31)27-23/h4-5,8-13,16,19H,1-3,6-7,14-15H2,(H,26,29)/b25-16+. The molecule has 1 aliphatic carbocycles. The van der Waals surface area contributed by atoms with Crippen molar-refractivity contribution in [2.45, 2.75) is 49.5 Å². The van der Waals surface area contributed by atoms with Crippen LogP contribution in [-0.2, 0) is 14.8 Å². The summed E-state index contributed by atoms with van der Waals surface area (Å²) in [6, 6.07) is 14.0. The van der Waals surface area contributed by atoms with E-state index in [1.807, 2.05) is 0 Å². The highest BCUT2D eigenvalue weighted by Gasteiger charge is 2.32. The van der Waals surface area contributed by atoms with E-state index < -0.39 is 10.0 Å². The highest BCUT2D eigenvalue weighted by atomic mass is 35.5. The number of carbonyl (C=O) groups excluding carboxylic acids is 1. The molecule has 0 atom stereocenters. The average molecular weight is 473 g/mol. The maximum atomic E-state index is 12.6. The van der Waals surface area contributed by atoms with E-state index in [1.54, 1.807) is 48.7 Å². The second-order valence-corrected chi connectivity index (χ2v) is 9.97. The van der Waals surface area contributed by atoms with Gasteiger partial charge in [0, 0.05) is 23.0 Å². The van der Waals surface area contributed by atoms with Gasteiger partial charge >= 0.3 is 0 Å². The number of sulfonamides is 1. The van der Waals surface area contributed by atoms with Crippen molar-refractivity contribution in [2.75, 3.05) is 6.54 Å². The molecule has 0 spiro atoms. The molecule has 1 heterocycles. The Morgan fingerprint density at radius 1 is 1.12 bits per heavy atom. The van der Waals surface area contributed by atoms with Crippen molar-refractivity contribution >= 4 is 39.6 Å². The summed E-state index contributed by atoms with van der Waals surface area (Å²) >= 11 is 5.94. The lowest BCUT2D eigenvalue weighted by atomic mass is 9.95. The molecule has 1 amide bonds. The Balaban J connectivity index is 1.54. The van der Waals surface area contributed by atoms with E-state index >= 15 is 0 Å². The number of nitrogens with one attached hydrogen (secondary N) is 1. The van der Waals surface area contributed by atoms with Crippen LogP contribution in [0.3, 0.4) is 0 Å². The van der Waals surface area contributed by atoms with Gasteiger partial charge in [-0.05, 0) is 42.7 Å². The zero-order valence-electron chi connectivity index (χ0n) is 17.6. The highest BCUT2D eigenvalue weighted by molar-refractivity contribution is 7.90. The molecule has 32 heavy (non-hydrogen) atoms. The van der Waals surface area contributed by atoms with Gasteiger partial charge in [0.2, 0.25) is 5.91 Å². The fraction of sp³-hybridized carbons (Fsp3) is 0.348. The van der Waals surface area contributed by atoms with Crippen LogP contribution < -0.4 is 5.32 Å². The molecule has 0 bridgehead atoms. The molecule has 1 saturated carbocycles. The molecular formula is C23H25ClN4O3S. The van der Waals surface area contributed by atoms with Gasteiger partial charge in [0.15, 0.2) is 5.84 Å². The van der Waals surface area contributed by atoms with Gasteiger partial charge in [-0.1, -0.05) is 55.1 Å². The molecule has 9 heteroatoms. The Kier molecular flexibility index (Phi) is 6.91. The van der Waals surface area contributed by atoms with Gasteiger partial charge in [-0.2, -0.15) is 13.5 Å². The molecule has 7 nitrogen and oxygen atoms in total. The van der Waals surface area contributed by atoms with Crippen molar-refractivity contribution in [1.29, 1.82) is 0 Å². The molecular weight excluding hydrogens is 448 g/mol. The maximum absolute atomic E-state index is 12.6. The lowest BCUT2D eigenvalue weighted by molar-refractivity contribution is -0.122. The van der Waals surface area contributed by atoms with E-state index in [0.29, 0.717) is 10.6 Å². The summed E-state index contributed by atoms with van der Waals surface area (Å²) in [4.78, 5) is 12.7. The topological polar surface area (TPSA) is 91.2 Å². The van der Waals surface area contributed by atoms with E-state index in [9.17, 15) is 13.2 Å². The number of hydrogen-bond acceptors (Lipinski definition) is 5. The molecule has 0 saturated heterocycles. The molecule has 2 aromatic carbocycles. The van der Waals surface area contributed by atoms with Crippen molar-refractivity contribution < 1.29 is 13.2 Å². The molecule has 0 radical (unpaired) electrons. The predicted octanol–water partition coefficient (Wildman–Crippen LogP) is 3.96. The normalized spacial score (nSPS) is 17.7. The third kappa shape index (κ3) is 5.37. The minimum absolute atomic E-state index is 0.0710. The zero-order chi connectivity index (χ0) is 22.6. The smallest absolute Gasteiger partial charge is 0.285 e. The minimum Gasteiger partial charge on any atom is -0.353 e. The van der Waals surface area contributed by atoms with Crippen molar-refractivity contribution in [3.05, 3.63) is 64.7 Å². The number of benzene rings is 2. The van der Waals surface area contributed by atoms with E-state index in [4.69, 9.17) is 11.6 Å². The number of halogens is 1. The first-order chi connectivity index (χ1) is 15.4. The Morgan fingerprint density at radius 2 is 1.84 bits per heavy atom. The van der Waals surface area contributed by atoms with Crippen molar-refractivity contribution in [3.63, 3.8) is 0 Å². The average Bonchev–Trinajstić information content (AvgIpc) is 3.07. The molecule has 1 fully saturated rings. The van der Waals surface area contributed by atoms with Gasteiger partial charge < -0.3 is 5.32 Å². The Bertz CT molecular complexity index is 1140. The van der Waals surface area contributed by atoms with Crippen LogP contribution in [0.4, 0.5) is 0 Å². The fourth-order valence-corrected chi connectivity index (χ4v) is 5.26. The molecule has 2 aliphatic rings. The molecule has 0 unspecified atom stereocenters. The molecule has 2 aromatic rings. The van der Waals surface area contributed by atoms with E-state index in [-0.39, 0.29) is 35.6 Å². The van der Waals surface area contributed by atoms with Crippen molar-refractivity contribution in [3.8, 4) is 0 Å². The number of amides is 1. The number of hydrogen-bond donors (Lipinski definition) is 1. The van der Waals surface area contributed by atoms with Crippen LogP contribution in [0.15, 0.2) is 62.9 Å². The number of carbonyl (C=O) groups is 1. The molecule has 1 aliphatic heterocycles. The van der Waals surface area contributed by atoms with Crippen LogP contribution in [0.5, 0.6) is 0 Å². The first-order valence-corrected chi connectivity index (χ1v) is 12.5. The van der Waals surface area contributed by atoms with Gasteiger partial charge in [-0.15, -0.1) is 4.40 Å². The number of fused-ring (bicyclic) bond motifs is 1. The first-order valence-electron chi connectivity index (χ1n) is 10.7. The Hall–Kier alpha value is -2.71. The zero-order valence-corrected chi connectivity index (χ0v) is 19.1. The number of nitrogens with zero attached hydrogens (tertiary/aromatic N) is 3. The summed E-state index contributed by atoms with van der Waals surface area (Å²) in [6.07, 6.45) is 7.27. The van der Waals surface area contributed by atoms with Crippen LogP contribution in [-0.4, -0.2) is 44.0 Å². The fourth-order valence-electron chi connectivity index (χ4n) is 3.93. The second kappa shape index (κ2) is 9.83. The van der Waals surface area contributed by atoms with Crippen LogP contribution in [0.2, 0.25) is 5.02 Å². The summed E-state index contributed by atoms with van der Waals surface area (Å²) in [5, 5.41) is 9.66. The minimum atomic E-state index is -3.80. The summed E-state index contributed by atoms with van der Waals surface area (Å²) in [5.41, 5.74) is 1.27. The molecule has 4 rings (SSSR count). The summed E-state index contributed by atoms with van der Waals surface area (Å²) in [6.45, 7) is 0.200. The number of amidine groups is 1. The van der Waals surface area contributed by atoms with Crippen LogP contribution in [0.1, 0.15) is 49.7 Å². The summed E-state index contributed by atoms with van der Waals surface area (Å²) < 4.78 is 29.0. The quantitative estimate of drug-likeness (QED) is 0.508. The molecule has 0 aromatic heterocycles. The van der Waals surface area contributed by atoms with Gasteiger partial charge in [0.05, 0.1) is 12.8 Å². The van der Waals surface area contributed by atoms with Crippen molar-refractivity contribution in [2.24, 2.45) is 9.50 Å². The summed E-state index contributed by atoms with van der Waals surface area (Å²) in [5.74, 6) is 0.148. The molecule has 1 N–H and O–H groups in total. The van der Waals surface area contributed by atoms with Gasteiger partial charge in [-0.25, -0.2) is 5.01 Å². The van der Waals surface area contributed by atoms with Gasteiger partial charge in [0.25, 0.3) is 10.0 Å². The van der Waals surface area contributed by atoms with Crippen LogP contribution in [0.25, 0.3) is 0 Å². The predicted molar refractivity (Wildman–Crippen MR) is 126 cm³/mol. The third-order valence-electron chi connectivity index (χ3n) is 5.59. The Labute approximate surface area is 193 Å². The first kappa shape index (κ1) is 22.5. The number of rotatable bonds is 6. The van der Waals surface area contributed by atoms with E-state index in [0.717, 1.165) is 31.2 Å². The highest BCUT2D eigenvalue weighted by Crippen LogP contribution is 2.27. The maximum Gasteiger partial charge on any atom is 0.285 e.